The van der Waals surface area contributed by atoms with E-state index in [1.54, 1.807) is 14.2 Å². The normalized spacial score (nSPS) is 10.6. The first-order valence-electron chi connectivity index (χ1n) is 10.9. The Morgan fingerprint density at radius 3 is 2.62 bits per heavy atom. The molecule has 3 rings (SSSR count). The number of hydrogen-bond donors (Lipinski definition) is 3. The summed E-state index contributed by atoms with van der Waals surface area (Å²) in [6.45, 7) is 2.61. The highest BCUT2D eigenvalue weighted by atomic mass is 32.2. The van der Waals surface area contributed by atoms with Crippen molar-refractivity contribution in [2.24, 2.45) is 0 Å². The summed E-state index contributed by atoms with van der Waals surface area (Å²) in [5, 5.41) is 6.14. The molecule has 0 unspecified atom stereocenters. The molecule has 0 aliphatic heterocycles. The van der Waals surface area contributed by atoms with Gasteiger partial charge in [0.2, 0.25) is 17.8 Å². The number of para-hydroxylation sites is 1. The predicted molar refractivity (Wildman–Crippen MR) is 136 cm³/mol. The van der Waals surface area contributed by atoms with Crippen LogP contribution < -0.4 is 25.8 Å². The summed E-state index contributed by atoms with van der Waals surface area (Å²) in [6.07, 6.45) is 1.57. The molecule has 4 N–H and O–H groups in total. The summed E-state index contributed by atoms with van der Waals surface area (Å²) < 4.78 is 10.6. The van der Waals surface area contributed by atoms with E-state index in [9.17, 15) is 4.79 Å². The number of nitrogens with two attached hydrogens (primary N) is 1. The molecule has 0 bridgehead atoms. The molecular formula is C24H30N6O3S. The van der Waals surface area contributed by atoms with Crippen molar-refractivity contribution >= 4 is 35.3 Å². The molecule has 0 atom stereocenters. The molecule has 1 aromatic heterocycles. The van der Waals surface area contributed by atoms with Gasteiger partial charge in [0.05, 0.1) is 25.7 Å². The summed E-state index contributed by atoms with van der Waals surface area (Å²) in [4.78, 5) is 25.0. The third kappa shape index (κ3) is 7.24. The third-order valence-electron chi connectivity index (χ3n) is 4.99. The molecule has 1 amide bonds. The zero-order valence-corrected chi connectivity index (χ0v) is 20.4. The molecule has 0 aliphatic rings. The molecule has 3 aromatic rings. The van der Waals surface area contributed by atoms with Gasteiger partial charge in [-0.3, -0.25) is 4.79 Å². The van der Waals surface area contributed by atoms with Crippen LogP contribution in [0.25, 0.3) is 0 Å². The van der Waals surface area contributed by atoms with Crippen molar-refractivity contribution in [3.63, 3.8) is 0 Å². The minimum atomic E-state index is -0.0530. The second-order valence-electron chi connectivity index (χ2n) is 7.35. The van der Waals surface area contributed by atoms with Crippen LogP contribution in [0.5, 0.6) is 11.5 Å². The zero-order chi connectivity index (χ0) is 24.3. The summed E-state index contributed by atoms with van der Waals surface area (Å²) in [7, 11) is 3.20. The summed E-state index contributed by atoms with van der Waals surface area (Å²) in [5.74, 6) is 3.09. The Balaban J connectivity index is 1.46. The number of thioether (sulfide) groups is 1. The average molecular weight is 483 g/mol. The number of aromatic nitrogens is 3. The number of carbonyl (C=O) groups is 1. The van der Waals surface area contributed by atoms with Crippen LogP contribution in [0.4, 0.5) is 17.6 Å². The molecule has 0 saturated carbocycles. The number of methoxy groups -OCH3 is 2. The van der Waals surface area contributed by atoms with Gasteiger partial charge in [-0.2, -0.15) is 15.0 Å². The van der Waals surface area contributed by atoms with Crippen LogP contribution >= 0.6 is 11.8 Å². The van der Waals surface area contributed by atoms with Gasteiger partial charge in [0.15, 0.2) is 11.5 Å². The fourth-order valence-corrected chi connectivity index (χ4v) is 4.00. The van der Waals surface area contributed by atoms with E-state index < -0.39 is 0 Å². The Hall–Kier alpha value is -3.53. The Morgan fingerprint density at radius 2 is 1.85 bits per heavy atom. The minimum Gasteiger partial charge on any atom is -0.493 e. The zero-order valence-electron chi connectivity index (χ0n) is 19.6. The fraction of sp³-hybridized carbons (Fsp3) is 0.333. The number of amides is 1. The molecule has 1 heterocycles. The highest BCUT2D eigenvalue weighted by Crippen LogP contribution is 2.27. The van der Waals surface area contributed by atoms with Crippen LogP contribution in [0, 0.1) is 0 Å². The number of hydrogen-bond acceptors (Lipinski definition) is 9. The highest BCUT2D eigenvalue weighted by molar-refractivity contribution is 7.99. The van der Waals surface area contributed by atoms with Crippen LogP contribution in [0.15, 0.2) is 42.5 Å². The van der Waals surface area contributed by atoms with Crippen molar-refractivity contribution in [3.8, 4) is 11.5 Å². The summed E-state index contributed by atoms with van der Waals surface area (Å²) in [5.41, 5.74) is 9.01. The number of ether oxygens (including phenoxy) is 2. The lowest BCUT2D eigenvalue weighted by molar-refractivity contribution is -0.118. The third-order valence-corrected chi connectivity index (χ3v) is 5.92. The van der Waals surface area contributed by atoms with Crippen molar-refractivity contribution in [3.05, 3.63) is 59.4 Å². The van der Waals surface area contributed by atoms with Crippen LogP contribution in [0.2, 0.25) is 0 Å². The van der Waals surface area contributed by atoms with E-state index in [0.29, 0.717) is 47.7 Å². The van der Waals surface area contributed by atoms with Gasteiger partial charge >= 0.3 is 0 Å². The number of anilines is 3. The molecule has 0 radical (unpaired) electrons. The maximum Gasteiger partial charge on any atom is 0.232 e. The predicted octanol–water partition coefficient (Wildman–Crippen LogP) is 3.37. The smallest absolute Gasteiger partial charge is 0.232 e. The molecule has 0 aliphatic carbocycles. The van der Waals surface area contributed by atoms with Crippen LogP contribution in [-0.4, -0.2) is 47.4 Å². The lowest BCUT2D eigenvalue weighted by Crippen LogP contribution is -2.27. The van der Waals surface area contributed by atoms with Crippen molar-refractivity contribution < 1.29 is 14.3 Å². The number of aryl methyl sites for hydroxylation is 1. The number of rotatable bonds is 12. The Bertz CT molecular complexity index is 1110. The largest absolute Gasteiger partial charge is 0.493 e. The van der Waals surface area contributed by atoms with Gasteiger partial charge in [0, 0.05) is 12.2 Å². The van der Waals surface area contributed by atoms with Crippen molar-refractivity contribution in [1.29, 1.82) is 0 Å². The number of nitrogens with one attached hydrogen (secondary N) is 2. The second kappa shape index (κ2) is 12.6. The Labute approximate surface area is 203 Å². The first-order valence-corrected chi connectivity index (χ1v) is 12.1. The van der Waals surface area contributed by atoms with E-state index in [1.807, 2.05) is 42.5 Å². The van der Waals surface area contributed by atoms with E-state index in [2.05, 4.69) is 32.5 Å². The number of carbonyl (C=O) groups excluding carboxylic acids is 1. The van der Waals surface area contributed by atoms with Gasteiger partial charge in [-0.15, -0.1) is 11.8 Å². The number of nitrogen functional groups attached to an aromatic ring is 1. The fourth-order valence-electron chi connectivity index (χ4n) is 3.30. The first-order chi connectivity index (χ1) is 16.5. The Kier molecular flexibility index (Phi) is 9.33. The molecule has 0 saturated heterocycles. The maximum absolute atomic E-state index is 12.2. The topological polar surface area (TPSA) is 124 Å². The lowest BCUT2D eigenvalue weighted by Gasteiger charge is -2.11. The van der Waals surface area contributed by atoms with Gasteiger partial charge in [-0.1, -0.05) is 31.2 Å². The second-order valence-corrected chi connectivity index (χ2v) is 8.34. The van der Waals surface area contributed by atoms with Gasteiger partial charge < -0.3 is 25.8 Å². The van der Waals surface area contributed by atoms with E-state index in [1.165, 1.54) is 11.8 Å². The maximum atomic E-state index is 12.2. The van der Waals surface area contributed by atoms with Gasteiger partial charge in [-0.05, 0) is 42.2 Å². The molecule has 34 heavy (non-hydrogen) atoms. The van der Waals surface area contributed by atoms with E-state index in [0.717, 1.165) is 23.2 Å². The lowest BCUT2D eigenvalue weighted by atomic mass is 10.1. The van der Waals surface area contributed by atoms with Crippen LogP contribution in [-0.2, 0) is 23.4 Å². The van der Waals surface area contributed by atoms with Crippen LogP contribution in [0.3, 0.4) is 0 Å². The Morgan fingerprint density at radius 1 is 1.06 bits per heavy atom. The molecule has 9 nitrogen and oxygen atoms in total. The van der Waals surface area contributed by atoms with Crippen molar-refractivity contribution in [2.45, 2.75) is 25.5 Å². The quantitative estimate of drug-likeness (QED) is 0.356. The molecule has 0 spiro atoms. The van der Waals surface area contributed by atoms with E-state index in [-0.39, 0.29) is 11.9 Å². The number of benzene rings is 2. The van der Waals surface area contributed by atoms with Crippen molar-refractivity contribution in [1.82, 2.24) is 20.3 Å². The molecule has 10 heteroatoms. The summed E-state index contributed by atoms with van der Waals surface area (Å²) >= 11 is 1.42. The minimum absolute atomic E-state index is 0.0530. The number of nitrogens with zero attached hydrogens (tertiary/aromatic N) is 3. The molecular weight excluding hydrogens is 452 g/mol. The van der Waals surface area contributed by atoms with E-state index >= 15 is 0 Å². The first kappa shape index (κ1) is 25.1. The van der Waals surface area contributed by atoms with Gasteiger partial charge in [0.25, 0.3) is 0 Å². The van der Waals surface area contributed by atoms with Crippen molar-refractivity contribution in [2.75, 3.05) is 37.6 Å². The SMILES string of the molecule is CCc1ccccc1Nc1nc(N)nc(CSCC(=O)NCCc2ccc(OC)c(OC)c2)n1. The standard InChI is InChI=1S/C24H30N6O3S/c1-4-17-7-5-6-8-18(17)27-24-29-21(28-23(25)30-24)14-34-15-22(31)26-12-11-16-9-10-19(32-2)20(13-16)33-3/h5-10,13H,4,11-12,14-15H2,1-3H3,(H,26,31)(H3,25,27,28,29,30). The van der Waals surface area contributed by atoms with Gasteiger partial charge in [-0.25, -0.2) is 0 Å². The highest BCUT2D eigenvalue weighted by Gasteiger charge is 2.09. The van der Waals surface area contributed by atoms with Gasteiger partial charge in [0.1, 0.15) is 5.82 Å². The van der Waals surface area contributed by atoms with Crippen LogP contribution in [0.1, 0.15) is 23.9 Å². The average Bonchev–Trinajstić information content (AvgIpc) is 2.84. The van der Waals surface area contributed by atoms with E-state index in [4.69, 9.17) is 15.2 Å². The molecule has 2 aromatic carbocycles. The monoisotopic (exact) mass is 482 g/mol. The summed E-state index contributed by atoms with van der Waals surface area (Å²) in [6, 6.07) is 13.7. The molecule has 180 valence electrons. The molecule has 0 fully saturated rings.